The lowest BCUT2D eigenvalue weighted by Crippen LogP contribution is -2.29. The molecule has 0 rings (SSSR count). The van der Waals surface area contributed by atoms with E-state index in [1.54, 1.807) is 13.8 Å². The van der Waals surface area contributed by atoms with Gasteiger partial charge in [0.05, 0.1) is 12.7 Å². The Hall–Kier alpha value is -1.06. The first-order chi connectivity index (χ1) is 8.56. The molecule has 0 saturated carbocycles. The van der Waals surface area contributed by atoms with Gasteiger partial charge < -0.3 is 9.47 Å². The third kappa shape index (κ3) is 6.62. The summed E-state index contributed by atoms with van der Waals surface area (Å²) < 4.78 is 10.1. The van der Waals surface area contributed by atoms with Crippen LogP contribution in [0.2, 0.25) is 0 Å². The molecule has 4 nitrogen and oxygen atoms in total. The Morgan fingerprint density at radius 2 is 1.72 bits per heavy atom. The van der Waals surface area contributed by atoms with E-state index in [9.17, 15) is 9.59 Å². The van der Waals surface area contributed by atoms with E-state index in [4.69, 9.17) is 9.47 Å². The number of hydrogen-bond acceptors (Lipinski definition) is 4. The van der Waals surface area contributed by atoms with Gasteiger partial charge in [-0.25, -0.2) is 0 Å². The summed E-state index contributed by atoms with van der Waals surface area (Å²) >= 11 is 0. The van der Waals surface area contributed by atoms with Gasteiger partial charge in [0.2, 0.25) is 0 Å². The van der Waals surface area contributed by atoms with Crippen LogP contribution in [0, 0.1) is 5.92 Å². The number of carbonyl (C=O) groups is 2. The Morgan fingerprint density at radius 1 is 1.06 bits per heavy atom. The summed E-state index contributed by atoms with van der Waals surface area (Å²) in [4.78, 5) is 23.3. The van der Waals surface area contributed by atoms with Crippen molar-refractivity contribution in [3.63, 3.8) is 0 Å². The second-order valence-corrected chi connectivity index (χ2v) is 4.46. The van der Waals surface area contributed by atoms with Gasteiger partial charge in [-0.3, -0.25) is 9.59 Å². The molecule has 0 aromatic heterocycles. The van der Waals surface area contributed by atoms with Gasteiger partial charge in [-0.1, -0.05) is 26.7 Å². The van der Waals surface area contributed by atoms with Crippen molar-refractivity contribution in [1.82, 2.24) is 0 Å². The van der Waals surface area contributed by atoms with Crippen molar-refractivity contribution < 1.29 is 19.1 Å². The first kappa shape index (κ1) is 16.9. The van der Waals surface area contributed by atoms with Crippen molar-refractivity contribution >= 4 is 11.9 Å². The number of unbranched alkanes of at least 4 members (excludes halogenated alkanes) is 2. The Kier molecular flexibility index (Phi) is 9.33. The van der Waals surface area contributed by atoms with Crippen LogP contribution >= 0.6 is 0 Å². The summed E-state index contributed by atoms with van der Waals surface area (Å²) in [6.07, 6.45) is 4.45. The third-order valence-electron chi connectivity index (χ3n) is 2.80. The quantitative estimate of drug-likeness (QED) is 0.362. The van der Waals surface area contributed by atoms with Crippen LogP contribution in [0.5, 0.6) is 0 Å². The Balaban J connectivity index is 4.14. The van der Waals surface area contributed by atoms with Crippen molar-refractivity contribution in [2.45, 2.75) is 65.9 Å². The monoisotopic (exact) mass is 258 g/mol. The van der Waals surface area contributed by atoms with Crippen LogP contribution in [0.1, 0.15) is 59.8 Å². The van der Waals surface area contributed by atoms with Gasteiger partial charge in [-0.05, 0) is 33.1 Å². The molecule has 2 atom stereocenters. The van der Waals surface area contributed by atoms with Crippen molar-refractivity contribution in [2.75, 3.05) is 6.61 Å². The number of rotatable bonds is 9. The topological polar surface area (TPSA) is 52.6 Å². The minimum Gasteiger partial charge on any atom is -0.465 e. The molecular weight excluding hydrogens is 232 g/mol. The molecule has 0 fully saturated rings. The largest absolute Gasteiger partial charge is 0.465 e. The van der Waals surface area contributed by atoms with Gasteiger partial charge >= 0.3 is 11.9 Å². The second kappa shape index (κ2) is 9.92. The van der Waals surface area contributed by atoms with E-state index in [0.717, 1.165) is 25.7 Å². The van der Waals surface area contributed by atoms with E-state index in [-0.39, 0.29) is 12.7 Å². The summed E-state index contributed by atoms with van der Waals surface area (Å²) in [7, 11) is 0. The molecule has 18 heavy (non-hydrogen) atoms. The van der Waals surface area contributed by atoms with E-state index < -0.39 is 17.9 Å². The van der Waals surface area contributed by atoms with Gasteiger partial charge in [-0.15, -0.1) is 0 Å². The summed E-state index contributed by atoms with van der Waals surface area (Å²) in [6, 6.07) is 0. The van der Waals surface area contributed by atoms with Crippen LogP contribution in [0.3, 0.4) is 0 Å². The van der Waals surface area contributed by atoms with E-state index >= 15 is 0 Å². The first-order valence-electron chi connectivity index (χ1n) is 6.93. The fourth-order valence-corrected chi connectivity index (χ4v) is 1.69. The summed E-state index contributed by atoms with van der Waals surface area (Å²) in [5.74, 6) is -1.72. The summed E-state index contributed by atoms with van der Waals surface area (Å²) in [5.41, 5.74) is 0. The molecule has 2 unspecified atom stereocenters. The predicted molar refractivity (Wildman–Crippen MR) is 70.1 cm³/mol. The predicted octanol–water partition coefficient (Wildman–Crippen LogP) is 3.09. The van der Waals surface area contributed by atoms with Crippen LogP contribution in [-0.4, -0.2) is 24.6 Å². The average Bonchev–Trinajstić information content (AvgIpc) is 2.30. The maximum absolute atomic E-state index is 11.8. The van der Waals surface area contributed by atoms with Gasteiger partial charge in [0.15, 0.2) is 5.92 Å². The van der Waals surface area contributed by atoms with Crippen LogP contribution in [0.15, 0.2) is 0 Å². The molecule has 0 aliphatic heterocycles. The molecule has 106 valence electrons. The molecule has 0 aromatic rings. The van der Waals surface area contributed by atoms with Crippen molar-refractivity contribution in [1.29, 1.82) is 0 Å². The first-order valence-corrected chi connectivity index (χ1v) is 6.93. The van der Waals surface area contributed by atoms with Crippen LogP contribution in [-0.2, 0) is 19.1 Å². The molecule has 0 saturated heterocycles. The van der Waals surface area contributed by atoms with E-state index in [1.165, 1.54) is 0 Å². The van der Waals surface area contributed by atoms with Crippen LogP contribution in [0.25, 0.3) is 0 Å². The normalized spacial score (nSPS) is 13.8. The molecule has 0 aromatic carbocycles. The zero-order valence-corrected chi connectivity index (χ0v) is 12.0. The van der Waals surface area contributed by atoms with Crippen molar-refractivity contribution in [3.05, 3.63) is 0 Å². The van der Waals surface area contributed by atoms with E-state index in [0.29, 0.717) is 6.42 Å². The highest BCUT2D eigenvalue weighted by Gasteiger charge is 2.28. The van der Waals surface area contributed by atoms with Gasteiger partial charge in [0, 0.05) is 0 Å². The highest BCUT2D eigenvalue weighted by Crippen LogP contribution is 2.13. The number of esters is 2. The number of hydrogen-bond donors (Lipinski definition) is 0. The SMILES string of the molecule is CCCCCC(C)OC(=O)C(CC)C(=O)OCC. The minimum atomic E-state index is -0.779. The summed E-state index contributed by atoms with van der Waals surface area (Å²) in [5, 5.41) is 0. The fourth-order valence-electron chi connectivity index (χ4n) is 1.69. The molecule has 0 amide bonds. The van der Waals surface area contributed by atoms with E-state index in [2.05, 4.69) is 6.92 Å². The lowest BCUT2D eigenvalue weighted by atomic mass is 10.1. The van der Waals surface area contributed by atoms with Crippen LogP contribution in [0.4, 0.5) is 0 Å². The number of carbonyl (C=O) groups excluding carboxylic acids is 2. The molecule has 0 radical (unpaired) electrons. The van der Waals surface area contributed by atoms with Crippen molar-refractivity contribution in [3.8, 4) is 0 Å². The smallest absolute Gasteiger partial charge is 0.320 e. The molecule has 4 heteroatoms. The fraction of sp³-hybridized carbons (Fsp3) is 0.857. The highest BCUT2D eigenvalue weighted by molar-refractivity contribution is 5.94. The lowest BCUT2D eigenvalue weighted by molar-refractivity contribution is -0.164. The van der Waals surface area contributed by atoms with Gasteiger partial charge in [0.25, 0.3) is 0 Å². The molecular formula is C14H26O4. The molecule has 0 spiro atoms. The zero-order valence-electron chi connectivity index (χ0n) is 12.0. The molecule has 0 aliphatic carbocycles. The minimum absolute atomic E-state index is 0.132. The zero-order chi connectivity index (χ0) is 14.0. The standard InChI is InChI=1S/C14H26O4/c1-5-8-9-10-11(4)18-14(16)12(6-2)13(15)17-7-3/h11-12H,5-10H2,1-4H3. The molecule has 0 bridgehead atoms. The Labute approximate surface area is 110 Å². The Morgan fingerprint density at radius 3 is 2.22 bits per heavy atom. The van der Waals surface area contributed by atoms with Gasteiger partial charge in [0.1, 0.15) is 0 Å². The molecule has 0 heterocycles. The number of ether oxygens (including phenoxy) is 2. The van der Waals surface area contributed by atoms with E-state index in [1.807, 2.05) is 6.92 Å². The Bertz CT molecular complexity index is 250. The maximum atomic E-state index is 11.8. The second-order valence-electron chi connectivity index (χ2n) is 4.46. The highest BCUT2D eigenvalue weighted by atomic mass is 16.6. The molecule has 0 N–H and O–H groups in total. The maximum Gasteiger partial charge on any atom is 0.320 e. The third-order valence-corrected chi connectivity index (χ3v) is 2.80. The average molecular weight is 258 g/mol. The van der Waals surface area contributed by atoms with Crippen LogP contribution < -0.4 is 0 Å². The molecule has 0 aliphatic rings. The summed E-state index contributed by atoms with van der Waals surface area (Å²) in [6.45, 7) is 7.79. The van der Waals surface area contributed by atoms with Crippen molar-refractivity contribution in [2.24, 2.45) is 5.92 Å². The lowest BCUT2D eigenvalue weighted by Gasteiger charge is -2.17. The van der Waals surface area contributed by atoms with Gasteiger partial charge in [-0.2, -0.15) is 0 Å².